The summed E-state index contributed by atoms with van der Waals surface area (Å²) in [6.07, 6.45) is 4.85. The van der Waals surface area contributed by atoms with E-state index in [4.69, 9.17) is 11.5 Å². The molecule has 5 heteroatoms. The van der Waals surface area contributed by atoms with Crippen LogP contribution >= 0.6 is 0 Å². The van der Waals surface area contributed by atoms with Crippen LogP contribution in [-0.4, -0.2) is 11.9 Å². The molecule has 0 aromatic rings. The molecule has 0 aliphatic rings. The Balaban J connectivity index is 3.36. The first-order valence-corrected chi connectivity index (χ1v) is 4.59. The number of amides is 1. The van der Waals surface area contributed by atoms with E-state index in [9.17, 15) is 4.79 Å². The highest BCUT2D eigenvalue weighted by Gasteiger charge is 1.99. The van der Waals surface area contributed by atoms with Crippen LogP contribution in [0.1, 0.15) is 39.0 Å². The second-order valence-corrected chi connectivity index (χ2v) is 2.94. The molecular formula is C8H19N4O+. The van der Waals surface area contributed by atoms with Crippen LogP contribution in [0.25, 0.3) is 0 Å². The molecule has 5 nitrogen and oxygen atoms in total. The lowest BCUT2D eigenvalue weighted by Gasteiger charge is -1.98. The summed E-state index contributed by atoms with van der Waals surface area (Å²) in [5.74, 6) is -0.0774. The number of unbranched alkanes of at least 4 members (excludes halogenated alkanes) is 3. The highest BCUT2D eigenvalue weighted by Crippen LogP contribution is 2.01. The quantitative estimate of drug-likeness (QED) is 0.173. The zero-order valence-electron chi connectivity index (χ0n) is 8.10. The molecule has 0 unspecified atom stereocenters. The fourth-order valence-corrected chi connectivity index (χ4v) is 0.917. The summed E-state index contributed by atoms with van der Waals surface area (Å²) >= 11 is 0. The number of carbonyl (C=O) groups excluding carboxylic acids is 1. The zero-order chi connectivity index (χ0) is 10.1. The van der Waals surface area contributed by atoms with Crippen molar-refractivity contribution in [3.63, 3.8) is 0 Å². The van der Waals surface area contributed by atoms with Gasteiger partial charge in [0, 0.05) is 6.42 Å². The first-order valence-electron chi connectivity index (χ1n) is 4.59. The van der Waals surface area contributed by atoms with E-state index >= 15 is 0 Å². The van der Waals surface area contributed by atoms with Crippen molar-refractivity contribution >= 4 is 11.9 Å². The molecule has 76 valence electrons. The van der Waals surface area contributed by atoms with Gasteiger partial charge in [0.1, 0.15) is 0 Å². The Morgan fingerprint density at radius 1 is 1.31 bits per heavy atom. The lowest BCUT2D eigenvalue weighted by Crippen LogP contribution is -2.87. The van der Waals surface area contributed by atoms with Crippen molar-refractivity contribution in [3.8, 4) is 0 Å². The van der Waals surface area contributed by atoms with Crippen molar-refractivity contribution in [1.82, 2.24) is 5.43 Å². The number of hydrogen-bond donors (Lipinski definition) is 4. The third kappa shape index (κ3) is 8.65. The minimum Gasteiger partial charge on any atom is -0.289 e. The fourth-order valence-electron chi connectivity index (χ4n) is 0.917. The number of nitrogens with one attached hydrogen (secondary N) is 2. The third-order valence-corrected chi connectivity index (χ3v) is 1.60. The summed E-state index contributed by atoms with van der Waals surface area (Å²) in [4.78, 5) is 11.0. The number of guanidine groups is 1. The van der Waals surface area contributed by atoms with Gasteiger partial charge in [-0.25, -0.2) is 5.43 Å². The van der Waals surface area contributed by atoms with E-state index in [1.807, 2.05) is 0 Å². The Morgan fingerprint density at radius 3 is 2.54 bits per heavy atom. The average molecular weight is 187 g/mol. The van der Waals surface area contributed by atoms with Crippen molar-refractivity contribution in [3.05, 3.63) is 0 Å². The van der Waals surface area contributed by atoms with Crippen molar-refractivity contribution in [2.24, 2.45) is 11.5 Å². The number of hydrogen-bond acceptors (Lipinski definition) is 1. The molecule has 0 aliphatic carbocycles. The molecule has 13 heavy (non-hydrogen) atoms. The van der Waals surface area contributed by atoms with Gasteiger partial charge in [-0.1, -0.05) is 26.2 Å². The SMILES string of the molecule is CCCCCCC(=O)N[NH+]=C(N)N. The second kappa shape index (κ2) is 7.39. The van der Waals surface area contributed by atoms with Crippen LogP contribution in [-0.2, 0) is 4.79 Å². The van der Waals surface area contributed by atoms with E-state index in [0.29, 0.717) is 6.42 Å². The molecule has 0 aliphatic heterocycles. The predicted octanol–water partition coefficient (Wildman–Crippen LogP) is -1.66. The second-order valence-electron chi connectivity index (χ2n) is 2.94. The molecule has 0 saturated carbocycles. The van der Waals surface area contributed by atoms with Crippen molar-refractivity contribution in [1.29, 1.82) is 0 Å². The summed E-state index contributed by atoms with van der Waals surface area (Å²) in [6, 6.07) is 0. The Morgan fingerprint density at radius 2 is 2.00 bits per heavy atom. The number of rotatable bonds is 6. The maximum absolute atomic E-state index is 11.0. The van der Waals surface area contributed by atoms with E-state index in [2.05, 4.69) is 17.5 Å². The van der Waals surface area contributed by atoms with Gasteiger partial charge in [-0.15, -0.1) is 0 Å². The molecule has 0 atom stereocenters. The molecule has 0 rings (SSSR count). The van der Waals surface area contributed by atoms with Gasteiger partial charge in [0.25, 0.3) is 0 Å². The van der Waals surface area contributed by atoms with E-state index in [1.165, 1.54) is 12.8 Å². The van der Waals surface area contributed by atoms with Crippen LogP contribution in [0.3, 0.4) is 0 Å². The lowest BCUT2D eigenvalue weighted by molar-refractivity contribution is -0.513. The molecule has 0 aromatic carbocycles. The fraction of sp³-hybridized carbons (Fsp3) is 0.750. The van der Waals surface area contributed by atoms with Gasteiger partial charge in [-0.05, 0) is 6.42 Å². The summed E-state index contributed by atoms with van der Waals surface area (Å²) in [5, 5.41) is 2.36. The molecule has 0 heterocycles. The number of hydrazine groups is 1. The van der Waals surface area contributed by atoms with Crippen molar-refractivity contribution in [2.75, 3.05) is 0 Å². The Bertz CT molecular complexity index is 175. The minimum atomic E-state index is -0.0792. The van der Waals surface area contributed by atoms with E-state index < -0.39 is 0 Å². The van der Waals surface area contributed by atoms with Crippen LogP contribution in [0.5, 0.6) is 0 Å². The van der Waals surface area contributed by atoms with Gasteiger partial charge >= 0.3 is 5.96 Å². The molecule has 0 radical (unpaired) electrons. The van der Waals surface area contributed by atoms with Gasteiger partial charge in [-0.2, -0.15) is 5.10 Å². The van der Waals surface area contributed by atoms with Gasteiger partial charge in [0.2, 0.25) is 5.91 Å². The molecule has 0 fully saturated rings. The van der Waals surface area contributed by atoms with E-state index in [1.54, 1.807) is 0 Å². The van der Waals surface area contributed by atoms with Crippen LogP contribution < -0.4 is 22.0 Å². The topological polar surface area (TPSA) is 95.1 Å². The number of nitrogens with two attached hydrogens (primary N) is 2. The van der Waals surface area contributed by atoms with Gasteiger partial charge in [0.15, 0.2) is 0 Å². The standard InChI is InChI=1S/C8H18N4O/c1-2-3-4-5-6-7(13)11-12-8(9)10/h2-6H2,1H3,(H,11,13)(H4,9,10,12)/p+1. The van der Waals surface area contributed by atoms with Crippen LogP contribution in [0.15, 0.2) is 0 Å². The average Bonchev–Trinajstić information content (AvgIpc) is 2.09. The molecular weight excluding hydrogens is 168 g/mol. The monoisotopic (exact) mass is 187 g/mol. The molecule has 0 aromatic heterocycles. The van der Waals surface area contributed by atoms with Crippen LogP contribution in [0.4, 0.5) is 0 Å². The predicted molar refractivity (Wildman–Crippen MR) is 51.2 cm³/mol. The zero-order valence-corrected chi connectivity index (χ0v) is 8.10. The summed E-state index contributed by atoms with van der Waals surface area (Å²) in [7, 11) is 0. The number of hydrazone groups is 1. The van der Waals surface area contributed by atoms with E-state index in [0.717, 1.165) is 12.8 Å². The van der Waals surface area contributed by atoms with Crippen LogP contribution in [0.2, 0.25) is 0 Å². The first kappa shape index (κ1) is 11.7. The Hall–Kier alpha value is -1.26. The summed E-state index contributed by atoms with van der Waals surface area (Å²) in [6.45, 7) is 2.13. The molecule has 0 spiro atoms. The third-order valence-electron chi connectivity index (χ3n) is 1.60. The van der Waals surface area contributed by atoms with Gasteiger partial charge in [-0.3, -0.25) is 16.3 Å². The highest BCUT2D eigenvalue weighted by atomic mass is 16.2. The highest BCUT2D eigenvalue weighted by molar-refractivity contribution is 5.75. The van der Waals surface area contributed by atoms with Crippen molar-refractivity contribution < 1.29 is 9.90 Å². The molecule has 6 N–H and O–H groups in total. The van der Waals surface area contributed by atoms with Gasteiger partial charge in [0.05, 0.1) is 0 Å². The molecule has 0 bridgehead atoms. The number of carbonyl (C=O) groups is 1. The van der Waals surface area contributed by atoms with Gasteiger partial charge < -0.3 is 0 Å². The van der Waals surface area contributed by atoms with Crippen LogP contribution in [0, 0.1) is 0 Å². The molecule has 1 amide bonds. The first-order chi connectivity index (χ1) is 6.16. The minimum absolute atomic E-state index is 0.00177. The Labute approximate surface area is 78.6 Å². The molecule has 0 saturated heterocycles. The maximum Gasteiger partial charge on any atom is 0.360 e. The lowest BCUT2D eigenvalue weighted by atomic mass is 10.1. The smallest absolute Gasteiger partial charge is 0.289 e. The van der Waals surface area contributed by atoms with Crippen molar-refractivity contribution in [2.45, 2.75) is 39.0 Å². The Kier molecular flexibility index (Phi) is 6.68. The summed E-state index contributed by atoms with van der Waals surface area (Å²) in [5.41, 5.74) is 12.6. The maximum atomic E-state index is 11.0. The largest absolute Gasteiger partial charge is 0.360 e. The summed E-state index contributed by atoms with van der Waals surface area (Å²) < 4.78 is 0. The normalized spacial score (nSPS) is 9.31. The van der Waals surface area contributed by atoms with E-state index in [-0.39, 0.29) is 11.9 Å².